The van der Waals surface area contributed by atoms with Crippen LogP contribution in [-0.2, 0) is 4.79 Å². The summed E-state index contributed by atoms with van der Waals surface area (Å²) < 4.78 is 0.988. The molecule has 0 rings (SSSR count). The average molecular weight is 225 g/mol. The maximum Gasteiger partial charge on any atom is 0.244 e. The summed E-state index contributed by atoms with van der Waals surface area (Å²) in [6, 6.07) is 0. The number of amides is 1. The van der Waals surface area contributed by atoms with Crippen LogP contribution >= 0.6 is 22.6 Å². The molecule has 0 aromatic heterocycles. The molecule has 2 nitrogen and oxygen atoms in total. The first-order valence-electron chi connectivity index (χ1n) is 2.22. The van der Waals surface area contributed by atoms with Gasteiger partial charge in [0, 0.05) is 13.1 Å². The van der Waals surface area contributed by atoms with Gasteiger partial charge in [-0.3, -0.25) is 4.79 Å². The van der Waals surface area contributed by atoms with Crippen molar-refractivity contribution in [3.63, 3.8) is 0 Å². The summed E-state index contributed by atoms with van der Waals surface area (Å²) in [5.74, 6) is -0.0445. The topological polar surface area (TPSA) is 29.1 Å². The highest BCUT2D eigenvalue weighted by atomic mass is 127. The van der Waals surface area contributed by atoms with E-state index >= 15 is 0 Å². The zero-order valence-electron chi connectivity index (χ0n) is 4.86. The van der Waals surface area contributed by atoms with Crippen LogP contribution in [0.4, 0.5) is 0 Å². The van der Waals surface area contributed by atoms with E-state index < -0.39 is 0 Å². The molecule has 1 N–H and O–H groups in total. The predicted octanol–water partition coefficient (Wildman–Crippen LogP) is 1.07. The van der Waals surface area contributed by atoms with Crippen LogP contribution in [0.5, 0.6) is 0 Å². The third kappa shape index (κ3) is 4.11. The van der Waals surface area contributed by atoms with Gasteiger partial charge in [-0.1, -0.05) is 0 Å². The van der Waals surface area contributed by atoms with Crippen LogP contribution in [0.15, 0.2) is 9.66 Å². The summed E-state index contributed by atoms with van der Waals surface area (Å²) in [7, 11) is 1.61. The van der Waals surface area contributed by atoms with Crippen LogP contribution in [0.25, 0.3) is 0 Å². The molecule has 0 aromatic carbocycles. The van der Waals surface area contributed by atoms with Gasteiger partial charge in [0.25, 0.3) is 0 Å². The van der Waals surface area contributed by atoms with E-state index in [0.717, 1.165) is 3.58 Å². The van der Waals surface area contributed by atoms with Crippen LogP contribution in [0.2, 0.25) is 0 Å². The SMILES string of the molecule is CNC(=O)C=C(C)I. The number of nitrogens with one attached hydrogen (secondary N) is 1. The van der Waals surface area contributed by atoms with Gasteiger partial charge in [-0.15, -0.1) is 0 Å². The second kappa shape index (κ2) is 3.88. The van der Waals surface area contributed by atoms with Crippen molar-refractivity contribution in [3.05, 3.63) is 9.66 Å². The lowest BCUT2D eigenvalue weighted by Gasteiger charge is -1.88. The van der Waals surface area contributed by atoms with E-state index in [1.807, 2.05) is 6.92 Å². The Labute approximate surface area is 62.5 Å². The average Bonchev–Trinajstić information content (AvgIpc) is 1.65. The van der Waals surface area contributed by atoms with E-state index in [0.29, 0.717) is 0 Å². The largest absolute Gasteiger partial charge is 0.356 e. The molecule has 8 heavy (non-hydrogen) atoms. The van der Waals surface area contributed by atoms with Gasteiger partial charge in [-0.2, -0.15) is 0 Å². The van der Waals surface area contributed by atoms with E-state index in [1.165, 1.54) is 0 Å². The molecule has 0 saturated heterocycles. The first-order chi connectivity index (χ1) is 3.66. The molecule has 0 aliphatic heterocycles. The molecular weight excluding hydrogens is 217 g/mol. The molecule has 0 aliphatic carbocycles. The second-order valence-corrected chi connectivity index (χ2v) is 3.05. The zero-order chi connectivity index (χ0) is 6.57. The summed E-state index contributed by atoms with van der Waals surface area (Å²) in [5, 5.41) is 2.48. The monoisotopic (exact) mass is 225 g/mol. The standard InChI is InChI=1S/C5H8INO/c1-4(6)3-5(8)7-2/h3H,1-2H3,(H,7,8). The fraction of sp³-hybridized carbons (Fsp3) is 0.400. The predicted molar refractivity (Wildman–Crippen MR) is 41.8 cm³/mol. The minimum atomic E-state index is -0.0445. The number of carbonyl (C=O) groups is 1. The number of likely N-dealkylation sites (N-methyl/N-ethyl adjacent to an activating group) is 1. The van der Waals surface area contributed by atoms with Crippen molar-refractivity contribution in [1.82, 2.24) is 5.32 Å². The molecule has 0 unspecified atom stereocenters. The minimum absolute atomic E-state index is 0.0445. The molecule has 0 radical (unpaired) electrons. The first-order valence-corrected chi connectivity index (χ1v) is 3.30. The van der Waals surface area contributed by atoms with Crippen molar-refractivity contribution >= 4 is 28.5 Å². The number of rotatable bonds is 1. The van der Waals surface area contributed by atoms with Gasteiger partial charge in [0.15, 0.2) is 0 Å². The molecule has 0 aliphatic rings. The highest BCUT2D eigenvalue weighted by molar-refractivity contribution is 14.1. The molecule has 0 saturated carbocycles. The number of halogens is 1. The number of hydrogen-bond acceptors (Lipinski definition) is 1. The summed E-state index contributed by atoms with van der Waals surface area (Å²) in [4.78, 5) is 10.4. The van der Waals surface area contributed by atoms with E-state index in [4.69, 9.17) is 0 Å². The maximum atomic E-state index is 10.4. The van der Waals surface area contributed by atoms with Crippen molar-refractivity contribution in [1.29, 1.82) is 0 Å². The molecule has 0 aromatic rings. The smallest absolute Gasteiger partial charge is 0.244 e. The molecular formula is C5H8INO. The lowest BCUT2D eigenvalue weighted by atomic mass is 10.5. The molecule has 46 valence electrons. The Bertz CT molecular complexity index is 116. The highest BCUT2D eigenvalue weighted by Crippen LogP contribution is 2.00. The maximum absolute atomic E-state index is 10.4. The van der Waals surface area contributed by atoms with Crippen LogP contribution in [0.1, 0.15) is 6.92 Å². The van der Waals surface area contributed by atoms with Crippen LogP contribution in [-0.4, -0.2) is 13.0 Å². The third-order valence-corrected chi connectivity index (χ3v) is 0.888. The Morgan fingerprint density at radius 3 is 2.38 bits per heavy atom. The number of allylic oxidation sites excluding steroid dienone is 1. The normalized spacial score (nSPS) is 11.1. The Morgan fingerprint density at radius 2 is 2.25 bits per heavy atom. The van der Waals surface area contributed by atoms with Gasteiger partial charge < -0.3 is 5.32 Å². The van der Waals surface area contributed by atoms with E-state index in [-0.39, 0.29) is 5.91 Å². The molecule has 0 atom stereocenters. The Balaban J connectivity index is 3.70. The van der Waals surface area contributed by atoms with Gasteiger partial charge in [0.05, 0.1) is 0 Å². The van der Waals surface area contributed by atoms with Crippen molar-refractivity contribution in [2.75, 3.05) is 7.05 Å². The van der Waals surface area contributed by atoms with Crippen LogP contribution in [0, 0.1) is 0 Å². The number of carbonyl (C=O) groups excluding carboxylic acids is 1. The molecule has 0 heterocycles. The lowest BCUT2D eigenvalue weighted by molar-refractivity contribution is -0.116. The van der Waals surface area contributed by atoms with Gasteiger partial charge in [-0.25, -0.2) is 0 Å². The quantitative estimate of drug-likeness (QED) is 0.524. The molecule has 0 spiro atoms. The lowest BCUT2D eigenvalue weighted by Crippen LogP contribution is -2.14. The van der Waals surface area contributed by atoms with Crippen molar-refractivity contribution in [2.45, 2.75) is 6.92 Å². The molecule has 3 heteroatoms. The van der Waals surface area contributed by atoms with Crippen molar-refractivity contribution < 1.29 is 4.79 Å². The molecule has 0 bridgehead atoms. The third-order valence-electron chi connectivity index (χ3n) is 0.576. The minimum Gasteiger partial charge on any atom is -0.356 e. The van der Waals surface area contributed by atoms with Crippen LogP contribution < -0.4 is 5.32 Å². The van der Waals surface area contributed by atoms with Crippen molar-refractivity contribution in [3.8, 4) is 0 Å². The first kappa shape index (κ1) is 7.94. The van der Waals surface area contributed by atoms with Gasteiger partial charge in [0.1, 0.15) is 0 Å². The number of hydrogen-bond donors (Lipinski definition) is 1. The summed E-state index contributed by atoms with van der Waals surface area (Å²) in [6.07, 6.45) is 1.54. The van der Waals surface area contributed by atoms with E-state index in [1.54, 1.807) is 13.1 Å². The fourth-order valence-electron chi connectivity index (χ4n) is 0.253. The second-order valence-electron chi connectivity index (χ2n) is 1.35. The highest BCUT2D eigenvalue weighted by Gasteiger charge is 1.87. The Kier molecular flexibility index (Phi) is 3.85. The zero-order valence-corrected chi connectivity index (χ0v) is 7.02. The summed E-state index contributed by atoms with van der Waals surface area (Å²) >= 11 is 2.08. The van der Waals surface area contributed by atoms with Gasteiger partial charge in [0.2, 0.25) is 5.91 Å². The summed E-state index contributed by atoms with van der Waals surface area (Å²) in [5.41, 5.74) is 0. The fourth-order valence-corrected chi connectivity index (χ4v) is 0.536. The molecule has 1 amide bonds. The molecule has 0 fully saturated rings. The van der Waals surface area contributed by atoms with Crippen LogP contribution in [0.3, 0.4) is 0 Å². The van der Waals surface area contributed by atoms with E-state index in [2.05, 4.69) is 27.9 Å². The Morgan fingerprint density at radius 1 is 1.75 bits per heavy atom. The van der Waals surface area contributed by atoms with Crippen molar-refractivity contribution in [2.24, 2.45) is 0 Å². The van der Waals surface area contributed by atoms with Gasteiger partial charge >= 0.3 is 0 Å². The van der Waals surface area contributed by atoms with E-state index in [9.17, 15) is 4.79 Å². The summed E-state index contributed by atoms with van der Waals surface area (Å²) in [6.45, 7) is 1.87. The Hall–Kier alpha value is -0.0600. The van der Waals surface area contributed by atoms with Gasteiger partial charge in [-0.05, 0) is 33.1 Å².